The predicted molar refractivity (Wildman–Crippen MR) is 95.1 cm³/mol. The smallest absolute Gasteiger partial charge is 0.335 e. The molecule has 0 spiro atoms. The van der Waals surface area contributed by atoms with Crippen molar-refractivity contribution in [1.82, 2.24) is 5.32 Å². The number of benzene rings is 1. The molecule has 0 aliphatic heterocycles. The number of carboxylic acids is 1. The molecule has 1 fully saturated rings. The summed E-state index contributed by atoms with van der Waals surface area (Å²) in [5.74, 6) is -0.461. The van der Waals surface area contributed by atoms with E-state index in [4.69, 9.17) is 9.52 Å². The maximum Gasteiger partial charge on any atom is 0.335 e. The number of aromatic carboxylic acids is 1. The van der Waals surface area contributed by atoms with Crippen molar-refractivity contribution >= 4 is 18.0 Å². The second kappa shape index (κ2) is 7.70. The second-order valence-electron chi connectivity index (χ2n) is 6.21. The summed E-state index contributed by atoms with van der Waals surface area (Å²) < 4.78 is 5.67. The van der Waals surface area contributed by atoms with E-state index < -0.39 is 5.97 Å². The highest BCUT2D eigenvalue weighted by Gasteiger charge is 2.19. The van der Waals surface area contributed by atoms with Gasteiger partial charge in [-0.05, 0) is 37.1 Å². The molecule has 0 unspecified atom stereocenters. The van der Waals surface area contributed by atoms with Gasteiger partial charge in [-0.25, -0.2) is 4.79 Å². The van der Waals surface area contributed by atoms with Crippen LogP contribution in [0.5, 0.6) is 0 Å². The van der Waals surface area contributed by atoms with Crippen LogP contribution in [0.3, 0.4) is 0 Å². The molecule has 1 aromatic carbocycles. The van der Waals surface area contributed by atoms with Gasteiger partial charge in [-0.15, -0.1) is 0 Å². The lowest BCUT2D eigenvalue weighted by molar-refractivity contribution is -0.117. The number of carboxylic acid groups (broad SMARTS) is 1. The van der Waals surface area contributed by atoms with Crippen LogP contribution in [0.15, 0.2) is 46.4 Å². The Balaban J connectivity index is 1.75. The molecule has 1 aromatic heterocycles. The summed E-state index contributed by atoms with van der Waals surface area (Å²) in [5.41, 5.74) is 0.901. The van der Waals surface area contributed by atoms with E-state index in [9.17, 15) is 14.9 Å². The van der Waals surface area contributed by atoms with E-state index in [0.29, 0.717) is 17.1 Å². The molecule has 2 N–H and O–H groups in total. The normalized spacial score (nSPS) is 14.8. The van der Waals surface area contributed by atoms with E-state index in [-0.39, 0.29) is 23.1 Å². The average Bonchev–Trinajstić information content (AvgIpc) is 3.31. The van der Waals surface area contributed by atoms with Gasteiger partial charge in [0.05, 0.1) is 5.56 Å². The number of nitrogens with one attached hydrogen (secondary N) is 1. The van der Waals surface area contributed by atoms with Crippen molar-refractivity contribution in [3.8, 4) is 17.4 Å². The maximum absolute atomic E-state index is 12.2. The number of nitrogens with zero attached hydrogens (tertiary/aromatic N) is 1. The number of hydrogen-bond acceptors (Lipinski definition) is 4. The van der Waals surface area contributed by atoms with Crippen LogP contribution in [0.4, 0.5) is 0 Å². The van der Waals surface area contributed by atoms with Crippen molar-refractivity contribution in [3.63, 3.8) is 0 Å². The number of nitriles is 1. The van der Waals surface area contributed by atoms with Crippen molar-refractivity contribution in [2.75, 3.05) is 0 Å². The second-order valence-corrected chi connectivity index (χ2v) is 6.21. The van der Waals surface area contributed by atoms with Gasteiger partial charge < -0.3 is 14.8 Å². The average molecular weight is 350 g/mol. The van der Waals surface area contributed by atoms with E-state index in [1.165, 1.54) is 18.2 Å². The Morgan fingerprint density at radius 3 is 2.46 bits per heavy atom. The SMILES string of the molecule is N#CC(=Cc1ccc(-c2ccc(C(=O)O)cc2)o1)C(=O)NC1CCCC1. The third-order valence-electron chi connectivity index (χ3n) is 4.39. The first kappa shape index (κ1) is 17.5. The number of hydrogen-bond donors (Lipinski definition) is 2. The monoisotopic (exact) mass is 350 g/mol. The van der Waals surface area contributed by atoms with Gasteiger partial charge in [0.1, 0.15) is 23.2 Å². The van der Waals surface area contributed by atoms with Crippen LogP contribution >= 0.6 is 0 Å². The fourth-order valence-electron chi connectivity index (χ4n) is 2.99. The predicted octanol–water partition coefficient (Wildman–Crippen LogP) is 3.61. The minimum atomic E-state index is -0.994. The Morgan fingerprint density at radius 1 is 1.15 bits per heavy atom. The lowest BCUT2D eigenvalue weighted by atomic mass is 10.1. The lowest BCUT2D eigenvalue weighted by Gasteiger charge is -2.10. The van der Waals surface area contributed by atoms with Crippen LogP contribution in [-0.4, -0.2) is 23.0 Å². The molecule has 0 bridgehead atoms. The van der Waals surface area contributed by atoms with Crippen molar-refractivity contribution < 1.29 is 19.1 Å². The minimum absolute atomic E-state index is 0.000903. The van der Waals surface area contributed by atoms with Gasteiger partial charge in [0.15, 0.2) is 0 Å². The van der Waals surface area contributed by atoms with Crippen LogP contribution in [0.1, 0.15) is 41.8 Å². The Kier molecular flexibility index (Phi) is 5.18. The van der Waals surface area contributed by atoms with Crippen LogP contribution in [0.2, 0.25) is 0 Å². The highest BCUT2D eigenvalue weighted by atomic mass is 16.4. The molecular formula is C20H18N2O4. The van der Waals surface area contributed by atoms with Crippen molar-refractivity contribution in [2.45, 2.75) is 31.7 Å². The first-order chi connectivity index (χ1) is 12.6. The standard InChI is InChI=1S/C20H18N2O4/c21-12-15(19(23)22-16-3-1-2-4-16)11-17-9-10-18(26-17)13-5-7-14(8-6-13)20(24)25/h5-11,16H,1-4H2,(H,22,23)(H,24,25). The van der Waals surface area contributed by atoms with E-state index in [0.717, 1.165) is 25.7 Å². The lowest BCUT2D eigenvalue weighted by Crippen LogP contribution is -2.33. The topological polar surface area (TPSA) is 103 Å². The molecule has 1 aliphatic rings. The van der Waals surface area contributed by atoms with Crippen LogP contribution in [-0.2, 0) is 4.79 Å². The summed E-state index contributed by atoms with van der Waals surface area (Å²) in [4.78, 5) is 23.1. The third-order valence-corrected chi connectivity index (χ3v) is 4.39. The summed E-state index contributed by atoms with van der Waals surface area (Å²) in [6.07, 6.45) is 5.50. The first-order valence-electron chi connectivity index (χ1n) is 8.43. The third kappa shape index (κ3) is 4.01. The molecule has 0 saturated heterocycles. The molecule has 132 valence electrons. The highest BCUT2D eigenvalue weighted by molar-refractivity contribution is 6.01. The van der Waals surface area contributed by atoms with E-state index in [1.807, 2.05) is 6.07 Å². The van der Waals surface area contributed by atoms with Crippen LogP contribution in [0.25, 0.3) is 17.4 Å². The number of furan rings is 1. The van der Waals surface area contributed by atoms with Gasteiger partial charge in [0.2, 0.25) is 0 Å². The Morgan fingerprint density at radius 2 is 1.85 bits per heavy atom. The molecule has 26 heavy (non-hydrogen) atoms. The van der Waals surface area contributed by atoms with Crippen LogP contribution in [0, 0.1) is 11.3 Å². The van der Waals surface area contributed by atoms with Gasteiger partial charge in [-0.2, -0.15) is 5.26 Å². The Bertz CT molecular complexity index is 881. The van der Waals surface area contributed by atoms with Gasteiger partial charge in [-0.3, -0.25) is 4.79 Å². The van der Waals surface area contributed by atoms with Gasteiger partial charge in [0, 0.05) is 17.7 Å². The number of carbonyl (C=O) groups excluding carboxylic acids is 1. The summed E-state index contributed by atoms with van der Waals surface area (Å²) in [6.45, 7) is 0. The molecule has 6 heteroatoms. The van der Waals surface area contributed by atoms with Gasteiger partial charge >= 0.3 is 5.97 Å². The largest absolute Gasteiger partial charge is 0.478 e. The van der Waals surface area contributed by atoms with Crippen molar-refractivity contribution in [2.24, 2.45) is 0 Å². The van der Waals surface area contributed by atoms with Crippen LogP contribution < -0.4 is 5.32 Å². The molecular weight excluding hydrogens is 332 g/mol. The molecule has 1 heterocycles. The molecule has 1 saturated carbocycles. The van der Waals surface area contributed by atoms with E-state index >= 15 is 0 Å². The number of carbonyl (C=O) groups is 2. The zero-order valence-electron chi connectivity index (χ0n) is 14.1. The van der Waals surface area contributed by atoms with Crippen molar-refractivity contribution in [3.05, 3.63) is 53.3 Å². The fraction of sp³-hybridized carbons (Fsp3) is 0.250. The molecule has 0 radical (unpaired) electrons. The number of amides is 1. The summed E-state index contributed by atoms with van der Waals surface area (Å²) in [5, 5.41) is 21.1. The molecule has 1 amide bonds. The van der Waals surface area contributed by atoms with E-state index in [2.05, 4.69) is 5.32 Å². The first-order valence-corrected chi connectivity index (χ1v) is 8.43. The Labute approximate surface area is 150 Å². The minimum Gasteiger partial charge on any atom is -0.478 e. The molecule has 6 nitrogen and oxygen atoms in total. The molecule has 1 aliphatic carbocycles. The summed E-state index contributed by atoms with van der Waals surface area (Å²) in [6, 6.07) is 11.7. The summed E-state index contributed by atoms with van der Waals surface area (Å²) >= 11 is 0. The zero-order chi connectivity index (χ0) is 18.5. The fourth-order valence-corrected chi connectivity index (χ4v) is 2.99. The molecule has 3 rings (SSSR count). The van der Waals surface area contributed by atoms with Crippen molar-refractivity contribution in [1.29, 1.82) is 5.26 Å². The Hall–Kier alpha value is -3.33. The number of rotatable bonds is 5. The maximum atomic E-state index is 12.2. The zero-order valence-corrected chi connectivity index (χ0v) is 14.1. The molecule has 2 aromatic rings. The molecule has 0 atom stereocenters. The highest BCUT2D eigenvalue weighted by Crippen LogP contribution is 2.24. The quantitative estimate of drug-likeness (QED) is 0.633. The van der Waals surface area contributed by atoms with Gasteiger partial charge in [0.25, 0.3) is 5.91 Å². The van der Waals surface area contributed by atoms with E-state index in [1.54, 1.807) is 24.3 Å². The van der Waals surface area contributed by atoms with Gasteiger partial charge in [-0.1, -0.05) is 25.0 Å². The summed E-state index contributed by atoms with van der Waals surface area (Å²) in [7, 11) is 0.